The lowest BCUT2D eigenvalue weighted by molar-refractivity contribution is -0.116. The monoisotopic (exact) mass is 236 g/mol. The van der Waals surface area contributed by atoms with Crippen LogP contribution in [0.25, 0.3) is 0 Å². The third-order valence-corrected chi connectivity index (χ3v) is 2.39. The summed E-state index contributed by atoms with van der Waals surface area (Å²) in [5.74, 6) is -2.73. The molecule has 0 saturated heterocycles. The van der Waals surface area contributed by atoms with Crippen LogP contribution in [0.5, 0.6) is 0 Å². The molecule has 5 nitrogen and oxygen atoms in total. The molecule has 0 amide bonds. The van der Waals surface area contributed by atoms with Gasteiger partial charge in [-0.05, 0) is 31.0 Å². The van der Waals surface area contributed by atoms with E-state index in [1.54, 1.807) is 6.92 Å². The average molecular weight is 236 g/mol. The van der Waals surface area contributed by atoms with Crippen LogP contribution >= 0.6 is 0 Å². The van der Waals surface area contributed by atoms with Crippen LogP contribution < -0.4 is 0 Å². The highest BCUT2D eigenvalue weighted by Crippen LogP contribution is 2.20. The number of carbonyl (C=O) groups is 3. The van der Waals surface area contributed by atoms with E-state index in [2.05, 4.69) is 0 Å². The Morgan fingerprint density at radius 3 is 2.12 bits per heavy atom. The molecule has 90 valence electrons. The van der Waals surface area contributed by atoms with Gasteiger partial charge in [-0.2, -0.15) is 0 Å². The average Bonchev–Trinajstić information content (AvgIpc) is 2.15. The zero-order valence-corrected chi connectivity index (χ0v) is 9.48. The minimum atomic E-state index is -1.23. The number of carbonyl (C=O) groups excluding carboxylic acids is 1. The Morgan fingerprint density at radius 1 is 1.12 bits per heavy atom. The van der Waals surface area contributed by atoms with Crippen LogP contribution in [-0.4, -0.2) is 27.9 Å². The van der Waals surface area contributed by atoms with Gasteiger partial charge in [0.2, 0.25) is 0 Å². The number of hydrogen-bond acceptors (Lipinski definition) is 3. The molecule has 0 spiro atoms. The van der Waals surface area contributed by atoms with E-state index in [-0.39, 0.29) is 28.9 Å². The summed E-state index contributed by atoms with van der Waals surface area (Å²) in [4.78, 5) is 33.2. The lowest BCUT2D eigenvalue weighted by Crippen LogP contribution is -2.14. The molecule has 0 fully saturated rings. The van der Waals surface area contributed by atoms with Gasteiger partial charge in [-0.25, -0.2) is 9.59 Å². The number of Topliss-reactive ketones (excluding diaryl/α,β-unsaturated/α-hetero) is 1. The van der Waals surface area contributed by atoms with Crippen molar-refractivity contribution < 1.29 is 24.6 Å². The molecule has 1 aromatic carbocycles. The van der Waals surface area contributed by atoms with Crippen molar-refractivity contribution in [3.63, 3.8) is 0 Å². The van der Waals surface area contributed by atoms with Crippen molar-refractivity contribution in [2.24, 2.45) is 0 Å². The maximum Gasteiger partial charge on any atom is 0.336 e. The topological polar surface area (TPSA) is 91.7 Å². The number of carboxylic acid groups (broad SMARTS) is 2. The number of hydrogen-bond donors (Lipinski definition) is 2. The largest absolute Gasteiger partial charge is 0.478 e. The first-order valence-electron chi connectivity index (χ1n) is 4.93. The normalized spacial score (nSPS) is 10.0. The van der Waals surface area contributed by atoms with Crippen LogP contribution in [-0.2, 0) is 11.2 Å². The first-order valence-corrected chi connectivity index (χ1v) is 4.93. The minimum Gasteiger partial charge on any atom is -0.478 e. The van der Waals surface area contributed by atoms with Crippen molar-refractivity contribution in [1.29, 1.82) is 0 Å². The van der Waals surface area contributed by atoms with Crippen LogP contribution in [0.1, 0.15) is 38.8 Å². The molecule has 2 N–H and O–H groups in total. The Morgan fingerprint density at radius 2 is 1.71 bits per heavy atom. The molecule has 0 aliphatic carbocycles. The molecule has 0 radical (unpaired) electrons. The fraction of sp³-hybridized carbons (Fsp3) is 0.250. The Balaban J connectivity index is 3.55. The number of carboxylic acids is 2. The summed E-state index contributed by atoms with van der Waals surface area (Å²) in [6, 6.07) is 2.75. The lowest BCUT2D eigenvalue weighted by Gasteiger charge is -2.11. The second-order valence-electron chi connectivity index (χ2n) is 3.77. The maximum atomic E-state index is 11.1. The van der Waals surface area contributed by atoms with Gasteiger partial charge in [0.25, 0.3) is 0 Å². The smallest absolute Gasteiger partial charge is 0.336 e. The molecule has 17 heavy (non-hydrogen) atoms. The fourth-order valence-electron chi connectivity index (χ4n) is 1.70. The summed E-state index contributed by atoms with van der Waals surface area (Å²) in [6.07, 6.45) is -0.190. The van der Waals surface area contributed by atoms with Crippen molar-refractivity contribution in [1.82, 2.24) is 0 Å². The van der Waals surface area contributed by atoms with Crippen LogP contribution in [0, 0.1) is 6.92 Å². The van der Waals surface area contributed by atoms with Crippen molar-refractivity contribution in [2.45, 2.75) is 20.3 Å². The Bertz CT molecular complexity index is 502. The van der Waals surface area contributed by atoms with Crippen LogP contribution in [0.2, 0.25) is 0 Å². The van der Waals surface area contributed by atoms with E-state index in [1.807, 2.05) is 0 Å². The number of aryl methyl sites for hydroxylation is 1. The van der Waals surface area contributed by atoms with Crippen molar-refractivity contribution >= 4 is 17.7 Å². The fourth-order valence-corrected chi connectivity index (χ4v) is 1.70. The van der Waals surface area contributed by atoms with Crippen LogP contribution in [0.4, 0.5) is 0 Å². The van der Waals surface area contributed by atoms with Gasteiger partial charge in [0.05, 0.1) is 11.1 Å². The Labute approximate surface area is 97.7 Å². The summed E-state index contributed by atoms with van der Waals surface area (Å²) in [6.45, 7) is 2.86. The summed E-state index contributed by atoms with van der Waals surface area (Å²) < 4.78 is 0. The quantitative estimate of drug-likeness (QED) is 0.826. The molecule has 1 rings (SSSR count). The number of ketones is 1. The predicted molar refractivity (Wildman–Crippen MR) is 59.5 cm³/mol. The zero-order valence-electron chi connectivity index (χ0n) is 9.48. The van der Waals surface area contributed by atoms with E-state index in [4.69, 9.17) is 10.2 Å². The van der Waals surface area contributed by atoms with Gasteiger partial charge in [0.1, 0.15) is 5.78 Å². The van der Waals surface area contributed by atoms with E-state index in [0.29, 0.717) is 5.56 Å². The summed E-state index contributed by atoms with van der Waals surface area (Å²) in [7, 11) is 0. The van der Waals surface area contributed by atoms with Gasteiger partial charge < -0.3 is 10.2 Å². The van der Waals surface area contributed by atoms with E-state index in [0.717, 1.165) is 0 Å². The molecule has 1 aromatic rings. The molecule has 0 saturated carbocycles. The first-order chi connectivity index (χ1) is 7.84. The van der Waals surface area contributed by atoms with Gasteiger partial charge in [0.15, 0.2) is 0 Å². The number of benzene rings is 1. The Hall–Kier alpha value is -2.17. The highest BCUT2D eigenvalue weighted by Gasteiger charge is 2.21. The van der Waals surface area contributed by atoms with Gasteiger partial charge in [-0.3, -0.25) is 4.79 Å². The Kier molecular flexibility index (Phi) is 3.62. The molecule has 0 heterocycles. The molecule has 0 aromatic heterocycles. The molecule has 0 aliphatic rings. The van der Waals surface area contributed by atoms with E-state index < -0.39 is 11.9 Å². The summed E-state index contributed by atoms with van der Waals surface area (Å²) >= 11 is 0. The predicted octanol–water partition coefficient (Wildman–Crippen LogP) is 1.52. The van der Waals surface area contributed by atoms with Crippen LogP contribution in [0.15, 0.2) is 12.1 Å². The van der Waals surface area contributed by atoms with E-state index in [9.17, 15) is 14.4 Å². The molecular formula is C12H12O5. The maximum absolute atomic E-state index is 11.1. The van der Waals surface area contributed by atoms with Crippen molar-refractivity contribution in [3.05, 3.63) is 34.4 Å². The first kappa shape index (κ1) is 12.9. The van der Waals surface area contributed by atoms with Crippen LogP contribution in [0.3, 0.4) is 0 Å². The summed E-state index contributed by atoms with van der Waals surface area (Å²) in [5, 5.41) is 18.0. The van der Waals surface area contributed by atoms with Crippen molar-refractivity contribution in [3.8, 4) is 0 Å². The summed E-state index contributed by atoms with van der Waals surface area (Å²) in [5.41, 5.74) is 0.277. The van der Waals surface area contributed by atoms with E-state index in [1.165, 1.54) is 19.1 Å². The second-order valence-corrected chi connectivity index (χ2v) is 3.77. The zero-order chi connectivity index (χ0) is 13.2. The third kappa shape index (κ3) is 2.69. The van der Waals surface area contributed by atoms with Gasteiger partial charge >= 0.3 is 11.9 Å². The highest BCUT2D eigenvalue weighted by atomic mass is 16.4. The molecule has 0 unspecified atom stereocenters. The van der Waals surface area contributed by atoms with Crippen molar-refractivity contribution in [2.75, 3.05) is 0 Å². The third-order valence-electron chi connectivity index (χ3n) is 2.39. The van der Waals surface area contributed by atoms with Gasteiger partial charge in [0, 0.05) is 6.42 Å². The van der Waals surface area contributed by atoms with E-state index >= 15 is 0 Å². The second kappa shape index (κ2) is 4.78. The van der Waals surface area contributed by atoms with Gasteiger partial charge in [-0.15, -0.1) is 0 Å². The molecule has 5 heteroatoms. The molecule has 0 aliphatic heterocycles. The number of rotatable bonds is 4. The number of aromatic carboxylic acids is 2. The standard InChI is InChI=1S/C12H12O5/c1-6-3-4-8(11(14)15)9(5-7(2)13)10(6)12(16)17/h3-4H,5H2,1-2H3,(H,14,15)(H,16,17). The minimum absolute atomic E-state index is 0.0671. The molecule has 0 bridgehead atoms. The lowest BCUT2D eigenvalue weighted by atomic mass is 9.93. The SMILES string of the molecule is CC(=O)Cc1c(C(=O)O)ccc(C)c1C(=O)O. The highest BCUT2D eigenvalue weighted by molar-refractivity contribution is 5.99. The molecular weight excluding hydrogens is 224 g/mol. The molecule has 0 atom stereocenters. The van der Waals surface area contributed by atoms with Gasteiger partial charge in [-0.1, -0.05) is 6.07 Å².